The molecule has 14 heavy (non-hydrogen) atoms. The molecule has 1 aromatic heterocycles. The zero-order valence-corrected chi connectivity index (χ0v) is 9.73. The van der Waals surface area contributed by atoms with E-state index < -0.39 is 0 Å². The molecule has 0 fully saturated rings. The van der Waals surface area contributed by atoms with E-state index in [4.69, 9.17) is 0 Å². The van der Waals surface area contributed by atoms with Crippen molar-refractivity contribution in [3.8, 4) is 0 Å². The number of nitrogens with one attached hydrogen (secondary N) is 1. The Hall–Kier alpha value is -0.700. The molecule has 0 radical (unpaired) electrons. The number of thioether (sulfide) groups is 1. The van der Waals surface area contributed by atoms with Gasteiger partial charge in [0, 0.05) is 11.4 Å². The fourth-order valence-corrected chi connectivity index (χ4v) is 1.94. The lowest BCUT2D eigenvalue weighted by molar-refractivity contribution is 0.101. The Morgan fingerprint density at radius 3 is 2.71 bits per heavy atom. The van der Waals surface area contributed by atoms with Crippen molar-refractivity contribution in [2.75, 3.05) is 5.75 Å². The second kappa shape index (κ2) is 5.25. The molecule has 0 saturated heterocycles. The zero-order valence-electron chi connectivity index (χ0n) is 8.91. The minimum absolute atomic E-state index is 0.188. The van der Waals surface area contributed by atoms with Crippen LogP contribution in [0.1, 0.15) is 31.3 Å². The van der Waals surface area contributed by atoms with Crippen LogP contribution in [-0.4, -0.2) is 21.8 Å². The molecule has 0 aromatic carbocycles. The smallest absolute Gasteiger partial charge is 0.188 e. The maximum absolute atomic E-state index is 11.6. The van der Waals surface area contributed by atoms with Gasteiger partial charge in [-0.3, -0.25) is 4.79 Å². The van der Waals surface area contributed by atoms with Gasteiger partial charge in [0.1, 0.15) is 0 Å². The Labute approximate surface area is 89.5 Å². The molecule has 0 spiro atoms. The Kier molecular flexibility index (Phi) is 4.26. The number of ketones is 1. The highest BCUT2D eigenvalue weighted by Gasteiger charge is 2.11. The molecule has 1 aromatic rings. The van der Waals surface area contributed by atoms with Gasteiger partial charge in [-0.15, -0.1) is 0 Å². The predicted octanol–water partition coefficient (Wildman–Crippen LogP) is 2.98. The molecular weight excluding hydrogens is 194 g/mol. The third kappa shape index (κ3) is 3.22. The molecule has 1 atom stereocenters. The van der Waals surface area contributed by atoms with Crippen molar-refractivity contribution in [2.45, 2.75) is 26.0 Å². The van der Waals surface area contributed by atoms with E-state index in [1.165, 1.54) is 0 Å². The van der Waals surface area contributed by atoms with Gasteiger partial charge in [0.25, 0.3) is 0 Å². The van der Waals surface area contributed by atoms with E-state index in [9.17, 15) is 4.79 Å². The van der Waals surface area contributed by atoms with Gasteiger partial charge in [0.2, 0.25) is 0 Å². The first-order valence-electron chi connectivity index (χ1n) is 4.89. The summed E-state index contributed by atoms with van der Waals surface area (Å²) in [7, 11) is 0. The lowest BCUT2D eigenvalue weighted by atomic mass is 10.2. The average Bonchev–Trinajstić information content (AvgIpc) is 2.66. The van der Waals surface area contributed by atoms with Gasteiger partial charge >= 0.3 is 0 Å². The highest BCUT2D eigenvalue weighted by molar-refractivity contribution is 8.00. The first-order valence-corrected chi connectivity index (χ1v) is 5.94. The minimum Gasteiger partial charge on any atom is -0.359 e. The summed E-state index contributed by atoms with van der Waals surface area (Å²) in [5, 5.41) is 0.536. The van der Waals surface area contributed by atoms with Crippen molar-refractivity contribution in [1.82, 2.24) is 4.98 Å². The summed E-state index contributed by atoms with van der Waals surface area (Å²) in [6, 6.07) is 3.67. The molecule has 0 bridgehead atoms. The lowest BCUT2D eigenvalue weighted by Crippen LogP contribution is -2.11. The van der Waals surface area contributed by atoms with Crippen molar-refractivity contribution in [3.63, 3.8) is 0 Å². The molecule has 0 saturated carbocycles. The van der Waals surface area contributed by atoms with E-state index in [2.05, 4.69) is 25.8 Å². The maximum atomic E-state index is 11.6. The van der Waals surface area contributed by atoms with Crippen LogP contribution in [0.25, 0.3) is 0 Å². The standard InChI is InChI=1S/C11H17NOS/c1-8(2)9(3)14-7-11(13)10-5-4-6-12-10/h4-6,8-9,12H,7H2,1-3H3. The SMILES string of the molecule is CC(C)C(C)SCC(=O)c1ccc[nH]1. The van der Waals surface area contributed by atoms with E-state index in [1.54, 1.807) is 18.0 Å². The van der Waals surface area contributed by atoms with Crippen LogP contribution in [0.3, 0.4) is 0 Å². The lowest BCUT2D eigenvalue weighted by Gasteiger charge is -2.13. The van der Waals surface area contributed by atoms with Crippen LogP contribution in [0.2, 0.25) is 0 Å². The van der Waals surface area contributed by atoms with Gasteiger partial charge in [-0.1, -0.05) is 20.8 Å². The molecule has 1 N–H and O–H groups in total. The van der Waals surface area contributed by atoms with Crippen molar-refractivity contribution < 1.29 is 4.79 Å². The summed E-state index contributed by atoms with van der Waals surface area (Å²) in [5.41, 5.74) is 0.716. The largest absolute Gasteiger partial charge is 0.359 e. The van der Waals surface area contributed by atoms with E-state index in [0.29, 0.717) is 22.6 Å². The maximum Gasteiger partial charge on any atom is 0.188 e. The molecule has 1 rings (SSSR count). The summed E-state index contributed by atoms with van der Waals surface area (Å²) < 4.78 is 0. The van der Waals surface area contributed by atoms with Crippen molar-refractivity contribution in [2.24, 2.45) is 5.92 Å². The van der Waals surface area contributed by atoms with Crippen LogP contribution in [0, 0.1) is 5.92 Å². The topological polar surface area (TPSA) is 32.9 Å². The van der Waals surface area contributed by atoms with Crippen LogP contribution in [0.15, 0.2) is 18.3 Å². The second-order valence-electron chi connectivity index (χ2n) is 3.77. The average molecular weight is 211 g/mol. The number of Topliss-reactive ketones (excluding diaryl/α,β-unsaturated/α-hetero) is 1. The molecule has 78 valence electrons. The number of carbonyl (C=O) groups is 1. The summed E-state index contributed by atoms with van der Waals surface area (Å²) in [5.74, 6) is 1.38. The highest BCUT2D eigenvalue weighted by atomic mass is 32.2. The normalized spacial score (nSPS) is 13.1. The molecule has 1 unspecified atom stereocenters. The number of aromatic amines is 1. The molecule has 0 amide bonds. The summed E-state index contributed by atoms with van der Waals surface area (Å²) in [6.45, 7) is 6.52. The van der Waals surface area contributed by atoms with Crippen LogP contribution in [0.4, 0.5) is 0 Å². The predicted molar refractivity (Wildman–Crippen MR) is 61.9 cm³/mol. The van der Waals surface area contributed by atoms with E-state index in [1.807, 2.05) is 12.1 Å². The first-order chi connectivity index (χ1) is 6.61. The van der Waals surface area contributed by atoms with Gasteiger partial charge < -0.3 is 4.98 Å². The summed E-state index contributed by atoms with van der Waals surface area (Å²) in [6.07, 6.45) is 1.78. The Morgan fingerprint density at radius 2 is 2.21 bits per heavy atom. The number of carbonyl (C=O) groups excluding carboxylic acids is 1. The van der Waals surface area contributed by atoms with Gasteiger partial charge in [-0.25, -0.2) is 0 Å². The fraction of sp³-hybridized carbons (Fsp3) is 0.545. The number of rotatable bonds is 5. The number of hydrogen-bond acceptors (Lipinski definition) is 2. The van der Waals surface area contributed by atoms with Crippen LogP contribution >= 0.6 is 11.8 Å². The highest BCUT2D eigenvalue weighted by Crippen LogP contribution is 2.19. The van der Waals surface area contributed by atoms with Gasteiger partial charge in [-0.05, 0) is 18.1 Å². The molecule has 1 heterocycles. The summed E-state index contributed by atoms with van der Waals surface area (Å²) in [4.78, 5) is 14.5. The Morgan fingerprint density at radius 1 is 1.50 bits per heavy atom. The third-order valence-electron chi connectivity index (χ3n) is 2.31. The van der Waals surface area contributed by atoms with E-state index in [0.717, 1.165) is 0 Å². The molecular formula is C11H17NOS. The quantitative estimate of drug-likeness (QED) is 0.759. The molecule has 2 nitrogen and oxygen atoms in total. The second-order valence-corrected chi connectivity index (χ2v) is 5.13. The molecule has 0 aliphatic heterocycles. The fourth-order valence-electron chi connectivity index (χ4n) is 0.981. The van der Waals surface area contributed by atoms with Crippen molar-refractivity contribution in [3.05, 3.63) is 24.0 Å². The zero-order chi connectivity index (χ0) is 10.6. The van der Waals surface area contributed by atoms with Crippen LogP contribution < -0.4 is 0 Å². The van der Waals surface area contributed by atoms with Gasteiger partial charge in [0.05, 0.1) is 11.4 Å². The molecule has 0 aliphatic rings. The monoisotopic (exact) mass is 211 g/mol. The number of hydrogen-bond donors (Lipinski definition) is 1. The third-order valence-corrected chi connectivity index (χ3v) is 3.81. The number of H-pyrrole nitrogens is 1. The summed E-state index contributed by atoms with van der Waals surface area (Å²) >= 11 is 1.72. The van der Waals surface area contributed by atoms with Crippen molar-refractivity contribution >= 4 is 17.5 Å². The molecule has 0 aliphatic carbocycles. The van der Waals surface area contributed by atoms with E-state index in [-0.39, 0.29) is 5.78 Å². The van der Waals surface area contributed by atoms with E-state index >= 15 is 0 Å². The molecule has 3 heteroatoms. The van der Waals surface area contributed by atoms with Crippen LogP contribution in [-0.2, 0) is 0 Å². The van der Waals surface area contributed by atoms with Gasteiger partial charge in [-0.2, -0.15) is 11.8 Å². The Balaban J connectivity index is 2.36. The van der Waals surface area contributed by atoms with Crippen LogP contribution in [0.5, 0.6) is 0 Å². The van der Waals surface area contributed by atoms with Gasteiger partial charge in [0.15, 0.2) is 5.78 Å². The Bertz CT molecular complexity index is 279. The first kappa shape index (κ1) is 11.4. The van der Waals surface area contributed by atoms with Crippen molar-refractivity contribution in [1.29, 1.82) is 0 Å². The number of aromatic nitrogens is 1. The minimum atomic E-state index is 0.188.